The summed E-state index contributed by atoms with van der Waals surface area (Å²) >= 11 is 0. The van der Waals surface area contributed by atoms with Crippen LogP contribution in [0.3, 0.4) is 0 Å². The van der Waals surface area contributed by atoms with Gasteiger partial charge in [0.15, 0.2) is 12.8 Å². The topological polar surface area (TPSA) is 55.3 Å². The number of aliphatic imine (C=N–C) groups is 1. The van der Waals surface area contributed by atoms with E-state index in [1.165, 1.54) is 11.6 Å². The minimum Gasteiger partial charge on any atom is -0.467 e. The van der Waals surface area contributed by atoms with Gasteiger partial charge in [0.2, 0.25) is 0 Å². The molecule has 0 saturated carbocycles. The van der Waals surface area contributed by atoms with Gasteiger partial charge in [0.1, 0.15) is 11.6 Å². The van der Waals surface area contributed by atoms with Crippen molar-refractivity contribution < 1.29 is 18.6 Å². The molecule has 0 aromatic heterocycles. The Morgan fingerprint density at radius 3 is 3.00 bits per heavy atom. The summed E-state index contributed by atoms with van der Waals surface area (Å²) in [4.78, 5) is 7.11. The number of ether oxygens (including phenoxy) is 3. The molecular formula is C25H32FN3O3. The van der Waals surface area contributed by atoms with Crippen LogP contribution in [0.2, 0.25) is 0 Å². The van der Waals surface area contributed by atoms with Crippen LogP contribution in [-0.2, 0) is 29.1 Å². The van der Waals surface area contributed by atoms with Crippen LogP contribution in [0.25, 0.3) is 0 Å². The van der Waals surface area contributed by atoms with Crippen molar-refractivity contribution in [3.63, 3.8) is 0 Å². The molecule has 7 heteroatoms. The zero-order chi connectivity index (χ0) is 22.2. The Bertz CT molecular complexity index is 907. The number of likely N-dealkylation sites (tertiary alicyclic amines) is 1. The van der Waals surface area contributed by atoms with Gasteiger partial charge >= 0.3 is 0 Å². The molecule has 6 nitrogen and oxygen atoms in total. The third-order valence-electron chi connectivity index (χ3n) is 5.78. The van der Waals surface area contributed by atoms with Crippen molar-refractivity contribution in [2.24, 2.45) is 10.9 Å². The molecule has 2 aromatic rings. The largest absolute Gasteiger partial charge is 0.467 e. The SMILES string of the molecule is CCNC(=NCCc1cc(F)cc2c1OCOC2)N1CCC(COCc2ccccc2)C1. The summed E-state index contributed by atoms with van der Waals surface area (Å²) < 4.78 is 30.8. The van der Waals surface area contributed by atoms with Crippen molar-refractivity contribution in [3.8, 4) is 5.75 Å². The van der Waals surface area contributed by atoms with E-state index in [0.717, 1.165) is 55.5 Å². The molecule has 2 aliphatic heterocycles. The summed E-state index contributed by atoms with van der Waals surface area (Å²) in [6.07, 6.45) is 1.71. The number of nitrogens with one attached hydrogen (secondary N) is 1. The van der Waals surface area contributed by atoms with E-state index in [2.05, 4.69) is 29.3 Å². The standard InChI is InChI=1S/C25H32FN3O3/c1-2-27-25(28-10-8-21-12-23(26)13-22-17-31-18-32-24(21)22)29-11-9-20(14-29)16-30-15-19-6-4-3-5-7-19/h3-7,12-13,20H,2,8-11,14-18H2,1H3,(H,27,28). The number of rotatable bonds is 8. The van der Waals surface area contributed by atoms with Crippen molar-refractivity contribution in [2.75, 3.05) is 39.6 Å². The van der Waals surface area contributed by atoms with E-state index in [9.17, 15) is 4.39 Å². The van der Waals surface area contributed by atoms with Gasteiger partial charge in [0.25, 0.3) is 0 Å². The van der Waals surface area contributed by atoms with Crippen LogP contribution in [0.5, 0.6) is 5.75 Å². The molecule has 0 radical (unpaired) electrons. The molecule has 0 amide bonds. The summed E-state index contributed by atoms with van der Waals surface area (Å²) in [5.74, 6) is 1.88. The van der Waals surface area contributed by atoms with Crippen LogP contribution in [0.1, 0.15) is 30.0 Å². The van der Waals surface area contributed by atoms with Gasteiger partial charge in [0, 0.05) is 37.7 Å². The number of halogens is 1. The molecular weight excluding hydrogens is 409 g/mol. The fourth-order valence-electron chi connectivity index (χ4n) is 4.23. The Morgan fingerprint density at radius 2 is 2.16 bits per heavy atom. The summed E-state index contributed by atoms with van der Waals surface area (Å²) in [5, 5.41) is 3.40. The van der Waals surface area contributed by atoms with Crippen molar-refractivity contribution >= 4 is 5.96 Å². The maximum absolute atomic E-state index is 14.0. The van der Waals surface area contributed by atoms with Gasteiger partial charge in [-0.25, -0.2) is 4.39 Å². The fourth-order valence-corrected chi connectivity index (χ4v) is 4.23. The first-order valence-corrected chi connectivity index (χ1v) is 11.4. The summed E-state index contributed by atoms with van der Waals surface area (Å²) in [5.41, 5.74) is 2.81. The van der Waals surface area contributed by atoms with Gasteiger partial charge < -0.3 is 24.4 Å². The van der Waals surface area contributed by atoms with E-state index in [0.29, 0.717) is 32.1 Å². The van der Waals surface area contributed by atoms with Gasteiger partial charge in [-0.2, -0.15) is 0 Å². The van der Waals surface area contributed by atoms with Gasteiger partial charge in [-0.3, -0.25) is 4.99 Å². The molecule has 0 bridgehead atoms. The lowest BCUT2D eigenvalue weighted by molar-refractivity contribution is -0.0172. The highest BCUT2D eigenvalue weighted by Gasteiger charge is 2.25. The number of hydrogen-bond acceptors (Lipinski definition) is 4. The molecule has 1 saturated heterocycles. The highest BCUT2D eigenvalue weighted by atomic mass is 19.1. The summed E-state index contributed by atoms with van der Waals surface area (Å²) in [6, 6.07) is 13.3. The van der Waals surface area contributed by atoms with Crippen molar-refractivity contribution in [3.05, 3.63) is 65.0 Å². The number of hydrogen-bond donors (Lipinski definition) is 1. The molecule has 32 heavy (non-hydrogen) atoms. The third-order valence-corrected chi connectivity index (χ3v) is 5.78. The van der Waals surface area contributed by atoms with E-state index >= 15 is 0 Å². The van der Waals surface area contributed by atoms with Crippen LogP contribution in [-0.4, -0.2) is 50.4 Å². The molecule has 0 spiro atoms. The highest BCUT2D eigenvalue weighted by Crippen LogP contribution is 2.29. The molecule has 4 rings (SSSR count). The normalized spacial score (nSPS) is 18.4. The zero-order valence-electron chi connectivity index (χ0n) is 18.7. The fraction of sp³-hybridized carbons (Fsp3) is 0.480. The van der Waals surface area contributed by atoms with E-state index in [4.69, 9.17) is 19.2 Å². The Kier molecular flexibility index (Phi) is 7.96. The first-order chi connectivity index (χ1) is 15.7. The lowest BCUT2D eigenvalue weighted by Crippen LogP contribution is -2.40. The van der Waals surface area contributed by atoms with Crippen molar-refractivity contribution in [1.29, 1.82) is 0 Å². The van der Waals surface area contributed by atoms with Crippen LogP contribution in [0.15, 0.2) is 47.5 Å². The first kappa shape index (κ1) is 22.6. The van der Waals surface area contributed by atoms with Crippen LogP contribution < -0.4 is 10.1 Å². The maximum atomic E-state index is 14.0. The second kappa shape index (κ2) is 11.3. The minimum absolute atomic E-state index is 0.207. The second-order valence-corrected chi connectivity index (χ2v) is 8.25. The monoisotopic (exact) mass is 441 g/mol. The van der Waals surface area contributed by atoms with Gasteiger partial charge in [-0.1, -0.05) is 30.3 Å². The number of nitrogens with zero attached hydrogens (tertiary/aromatic N) is 2. The van der Waals surface area contributed by atoms with E-state index in [-0.39, 0.29) is 12.6 Å². The number of guanidine groups is 1. The lowest BCUT2D eigenvalue weighted by atomic mass is 10.1. The second-order valence-electron chi connectivity index (χ2n) is 8.25. The molecule has 2 heterocycles. The Labute approximate surface area is 189 Å². The molecule has 2 aliphatic rings. The van der Waals surface area contributed by atoms with Crippen molar-refractivity contribution in [1.82, 2.24) is 10.2 Å². The Balaban J connectivity index is 1.30. The number of benzene rings is 2. The summed E-state index contributed by atoms with van der Waals surface area (Å²) in [6.45, 7) is 7.32. The highest BCUT2D eigenvalue weighted by molar-refractivity contribution is 5.80. The number of fused-ring (bicyclic) bond motifs is 1. The molecule has 2 aromatic carbocycles. The van der Waals surface area contributed by atoms with E-state index in [1.54, 1.807) is 6.07 Å². The molecule has 1 N–H and O–H groups in total. The predicted molar refractivity (Wildman–Crippen MR) is 122 cm³/mol. The third kappa shape index (κ3) is 5.99. The molecule has 1 fully saturated rings. The maximum Gasteiger partial charge on any atom is 0.193 e. The van der Waals surface area contributed by atoms with E-state index in [1.807, 2.05) is 18.2 Å². The van der Waals surface area contributed by atoms with Crippen LogP contribution in [0, 0.1) is 11.7 Å². The quantitative estimate of drug-likeness (QED) is 0.500. The first-order valence-electron chi connectivity index (χ1n) is 11.4. The predicted octanol–water partition coefficient (Wildman–Crippen LogP) is 3.74. The van der Waals surface area contributed by atoms with Crippen LogP contribution in [0.4, 0.5) is 4.39 Å². The average Bonchev–Trinajstić information content (AvgIpc) is 3.28. The molecule has 1 unspecified atom stereocenters. The van der Waals surface area contributed by atoms with Crippen LogP contribution >= 0.6 is 0 Å². The Morgan fingerprint density at radius 1 is 1.28 bits per heavy atom. The Hall–Kier alpha value is -2.64. The van der Waals surface area contributed by atoms with Crippen molar-refractivity contribution in [2.45, 2.75) is 33.0 Å². The van der Waals surface area contributed by atoms with E-state index < -0.39 is 0 Å². The molecule has 0 aliphatic carbocycles. The summed E-state index contributed by atoms with van der Waals surface area (Å²) in [7, 11) is 0. The minimum atomic E-state index is -0.262. The molecule has 172 valence electrons. The van der Waals surface area contributed by atoms with Gasteiger partial charge in [0.05, 0.1) is 19.8 Å². The van der Waals surface area contributed by atoms with Gasteiger partial charge in [-0.15, -0.1) is 0 Å². The molecule has 1 atom stereocenters. The smallest absolute Gasteiger partial charge is 0.193 e. The van der Waals surface area contributed by atoms with Gasteiger partial charge in [-0.05, 0) is 43.0 Å². The average molecular weight is 442 g/mol. The zero-order valence-corrected chi connectivity index (χ0v) is 18.7. The lowest BCUT2D eigenvalue weighted by Gasteiger charge is -2.22.